The van der Waals surface area contributed by atoms with E-state index in [-0.39, 0.29) is 17.7 Å². The van der Waals surface area contributed by atoms with Gasteiger partial charge in [-0.2, -0.15) is 0 Å². The van der Waals surface area contributed by atoms with Crippen LogP contribution in [0.5, 0.6) is 5.75 Å². The lowest BCUT2D eigenvalue weighted by atomic mass is 9.90. The zero-order valence-corrected chi connectivity index (χ0v) is 13.6. The highest BCUT2D eigenvalue weighted by molar-refractivity contribution is 5.86. The molecular weight excluding hydrogens is 282 g/mol. The second-order valence-electron chi connectivity index (χ2n) is 5.69. The van der Waals surface area contributed by atoms with Crippen LogP contribution in [-0.4, -0.2) is 24.1 Å². The second kappa shape index (κ2) is 8.41. The highest BCUT2D eigenvalue weighted by atomic mass is 16.5. The number of rotatable bonds is 8. The van der Waals surface area contributed by atoms with Crippen LogP contribution in [-0.2, 0) is 9.59 Å². The molecule has 0 spiro atoms. The minimum atomic E-state index is -1.07. The molecule has 0 aliphatic carbocycles. The van der Waals surface area contributed by atoms with Gasteiger partial charge in [0.05, 0.1) is 7.11 Å². The van der Waals surface area contributed by atoms with Gasteiger partial charge in [-0.25, -0.2) is 4.79 Å². The highest BCUT2D eigenvalue weighted by Gasteiger charge is 2.27. The van der Waals surface area contributed by atoms with Gasteiger partial charge < -0.3 is 15.2 Å². The molecule has 1 aromatic carbocycles. The first-order valence-electron chi connectivity index (χ1n) is 7.57. The van der Waals surface area contributed by atoms with E-state index < -0.39 is 12.0 Å². The number of carbonyl (C=O) groups is 2. The summed E-state index contributed by atoms with van der Waals surface area (Å²) in [5.41, 5.74) is 0.528. The number of amides is 1. The molecule has 0 aliphatic rings. The molecule has 5 nitrogen and oxygen atoms in total. The zero-order chi connectivity index (χ0) is 16.7. The summed E-state index contributed by atoms with van der Waals surface area (Å²) in [6, 6.07) is 5.63. The summed E-state index contributed by atoms with van der Waals surface area (Å²) in [5.74, 6) is -0.641. The SMILES string of the molecule is CCCC(C(=O)NC(C(=O)O)c1ccc(OC)cc1)C(C)C. The van der Waals surface area contributed by atoms with Crippen molar-refractivity contribution in [2.45, 2.75) is 39.7 Å². The molecule has 0 aliphatic heterocycles. The Morgan fingerprint density at radius 2 is 1.82 bits per heavy atom. The van der Waals surface area contributed by atoms with E-state index in [4.69, 9.17) is 4.74 Å². The predicted molar refractivity (Wildman–Crippen MR) is 84.7 cm³/mol. The van der Waals surface area contributed by atoms with Crippen LogP contribution in [0.1, 0.15) is 45.2 Å². The van der Waals surface area contributed by atoms with Crippen LogP contribution in [0.25, 0.3) is 0 Å². The molecule has 22 heavy (non-hydrogen) atoms. The van der Waals surface area contributed by atoms with Crippen molar-refractivity contribution in [3.8, 4) is 5.75 Å². The predicted octanol–water partition coefficient (Wildman–Crippen LogP) is 3.01. The summed E-state index contributed by atoms with van der Waals surface area (Å²) in [6.07, 6.45) is 1.63. The lowest BCUT2D eigenvalue weighted by Crippen LogP contribution is -2.39. The second-order valence-corrected chi connectivity index (χ2v) is 5.69. The number of nitrogens with one attached hydrogen (secondary N) is 1. The average molecular weight is 307 g/mol. The molecule has 2 N–H and O–H groups in total. The van der Waals surface area contributed by atoms with Gasteiger partial charge in [0.25, 0.3) is 0 Å². The largest absolute Gasteiger partial charge is 0.497 e. The van der Waals surface area contributed by atoms with Crippen LogP contribution in [0.2, 0.25) is 0 Å². The smallest absolute Gasteiger partial charge is 0.330 e. The van der Waals surface area contributed by atoms with E-state index in [0.29, 0.717) is 11.3 Å². The summed E-state index contributed by atoms with van der Waals surface area (Å²) < 4.78 is 5.06. The maximum Gasteiger partial charge on any atom is 0.330 e. The van der Waals surface area contributed by atoms with E-state index in [1.54, 1.807) is 31.4 Å². The van der Waals surface area contributed by atoms with Crippen molar-refractivity contribution in [1.82, 2.24) is 5.32 Å². The Hall–Kier alpha value is -2.04. The van der Waals surface area contributed by atoms with Gasteiger partial charge in [-0.1, -0.05) is 39.3 Å². The van der Waals surface area contributed by atoms with Gasteiger partial charge >= 0.3 is 5.97 Å². The fraction of sp³-hybridized carbons (Fsp3) is 0.529. The Labute approximate surface area is 131 Å². The van der Waals surface area contributed by atoms with E-state index in [1.165, 1.54) is 0 Å². The molecule has 0 saturated heterocycles. The zero-order valence-electron chi connectivity index (χ0n) is 13.6. The molecule has 0 saturated carbocycles. The summed E-state index contributed by atoms with van der Waals surface area (Å²) in [4.78, 5) is 23.9. The number of hydrogen-bond donors (Lipinski definition) is 2. The molecule has 2 unspecified atom stereocenters. The standard InChI is InChI=1S/C17H25NO4/c1-5-6-14(11(2)3)16(19)18-15(17(20)21)12-7-9-13(22-4)10-8-12/h7-11,14-15H,5-6H2,1-4H3,(H,18,19)(H,20,21). The number of carbonyl (C=O) groups excluding carboxylic acids is 1. The molecule has 0 bridgehead atoms. The van der Waals surface area contributed by atoms with Gasteiger partial charge in [-0.15, -0.1) is 0 Å². The Bertz CT molecular complexity index is 496. The van der Waals surface area contributed by atoms with Crippen molar-refractivity contribution in [2.24, 2.45) is 11.8 Å². The minimum absolute atomic E-state index is 0.172. The highest BCUT2D eigenvalue weighted by Crippen LogP contribution is 2.22. The van der Waals surface area contributed by atoms with Gasteiger partial charge in [-0.05, 0) is 30.0 Å². The third-order valence-corrected chi connectivity index (χ3v) is 3.72. The van der Waals surface area contributed by atoms with Crippen molar-refractivity contribution in [2.75, 3.05) is 7.11 Å². The maximum absolute atomic E-state index is 12.4. The van der Waals surface area contributed by atoms with Crippen LogP contribution in [0, 0.1) is 11.8 Å². The third-order valence-electron chi connectivity index (χ3n) is 3.72. The molecular formula is C17H25NO4. The maximum atomic E-state index is 12.4. The fourth-order valence-corrected chi connectivity index (χ4v) is 2.41. The van der Waals surface area contributed by atoms with Crippen molar-refractivity contribution in [3.05, 3.63) is 29.8 Å². The van der Waals surface area contributed by atoms with Gasteiger partial charge in [0.2, 0.25) is 5.91 Å². The topological polar surface area (TPSA) is 75.6 Å². The van der Waals surface area contributed by atoms with Crippen LogP contribution in [0.4, 0.5) is 0 Å². The Morgan fingerprint density at radius 3 is 2.23 bits per heavy atom. The van der Waals surface area contributed by atoms with Gasteiger partial charge in [0.15, 0.2) is 6.04 Å². The minimum Gasteiger partial charge on any atom is -0.497 e. The lowest BCUT2D eigenvalue weighted by Gasteiger charge is -2.23. The van der Waals surface area contributed by atoms with E-state index in [2.05, 4.69) is 5.32 Å². The molecule has 1 amide bonds. The summed E-state index contributed by atoms with van der Waals surface area (Å²) in [6.45, 7) is 5.97. The quantitative estimate of drug-likeness (QED) is 0.774. The van der Waals surface area contributed by atoms with E-state index in [1.807, 2.05) is 20.8 Å². The number of methoxy groups -OCH3 is 1. The molecule has 2 atom stereocenters. The van der Waals surface area contributed by atoms with Crippen molar-refractivity contribution in [1.29, 1.82) is 0 Å². The number of benzene rings is 1. The van der Waals surface area contributed by atoms with Gasteiger partial charge in [-0.3, -0.25) is 4.79 Å². The van der Waals surface area contributed by atoms with Crippen LogP contribution in [0.3, 0.4) is 0 Å². The first-order chi connectivity index (χ1) is 10.4. The molecule has 0 fully saturated rings. The fourth-order valence-electron chi connectivity index (χ4n) is 2.41. The number of aliphatic carboxylic acids is 1. The van der Waals surface area contributed by atoms with E-state index in [9.17, 15) is 14.7 Å². The summed E-state index contributed by atoms with van der Waals surface area (Å²) in [7, 11) is 1.55. The Balaban J connectivity index is 2.91. The number of hydrogen-bond acceptors (Lipinski definition) is 3. The number of ether oxygens (including phenoxy) is 1. The van der Waals surface area contributed by atoms with Crippen molar-refractivity contribution in [3.63, 3.8) is 0 Å². The molecule has 0 radical (unpaired) electrons. The van der Waals surface area contributed by atoms with Crippen LogP contribution >= 0.6 is 0 Å². The summed E-state index contributed by atoms with van der Waals surface area (Å²) >= 11 is 0. The van der Waals surface area contributed by atoms with Crippen LogP contribution in [0.15, 0.2) is 24.3 Å². The first-order valence-corrected chi connectivity index (χ1v) is 7.57. The van der Waals surface area contributed by atoms with E-state index in [0.717, 1.165) is 12.8 Å². The van der Waals surface area contributed by atoms with Crippen LogP contribution < -0.4 is 10.1 Å². The molecule has 0 heterocycles. The molecule has 122 valence electrons. The molecule has 1 aromatic rings. The van der Waals surface area contributed by atoms with Gasteiger partial charge in [0, 0.05) is 5.92 Å². The summed E-state index contributed by atoms with van der Waals surface area (Å²) in [5, 5.41) is 12.1. The molecule has 0 aromatic heterocycles. The Kier molecular flexibility index (Phi) is 6.89. The molecule has 1 rings (SSSR count). The first kappa shape index (κ1) is 18.0. The number of carboxylic acids is 1. The monoisotopic (exact) mass is 307 g/mol. The van der Waals surface area contributed by atoms with Crippen molar-refractivity contribution < 1.29 is 19.4 Å². The number of carboxylic acid groups (broad SMARTS) is 1. The Morgan fingerprint density at radius 1 is 1.23 bits per heavy atom. The van der Waals surface area contributed by atoms with Crippen molar-refractivity contribution >= 4 is 11.9 Å². The normalized spacial score (nSPS) is 13.5. The third kappa shape index (κ3) is 4.76. The molecule has 5 heteroatoms. The average Bonchev–Trinajstić information content (AvgIpc) is 2.49. The van der Waals surface area contributed by atoms with E-state index >= 15 is 0 Å². The lowest BCUT2D eigenvalue weighted by molar-refractivity contribution is -0.143. The van der Waals surface area contributed by atoms with Gasteiger partial charge in [0.1, 0.15) is 5.75 Å².